The molecule has 114 valence electrons. The molecule has 21 heavy (non-hydrogen) atoms. The van der Waals surface area contributed by atoms with E-state index in [1.54, 1.807) is 13.4 Å². The second-order valence-electron chi connectivity index (χ2n) is 4.97. The summed E-state index contributed by atoms with van der Waals surface area (Å²) in [5.41, 5.74) is 2.15. The summed E-state index contributed by atoms with van der Waals surface area (Å²) >= 11 is 0. The minimum atomic E-state index is 0.224. The molecule has 0 saturated carbocycles. The van der Waals surface area contributed by atoms with Gasteiger partial charge in [-0.15, -0.1) is 0 Å². The Morgan fingerprint density at radius 1 is 1.38 bits per heavy atom. The maximum absolute atomic E-state index is 5.99. The second kappa shape index (κ2) is 7.13. The van der Waals surface area contributed by atoms with Crippen LogP contribution in [0.3, 0.4) is 0 Å². The fourth-order valence-corrected chi connectivity index (χ4v) is 2.22. The molecule has 1 aromatic carbocycles. The lowest BCUT2D eigenvalue weighted by molar-refractivity contribution is 0.289. The molecule has 0 radical (unpaired) electrons. The van der Waals surface area contributed by atoms with E-state index in [0.717, 1.165) is 29.3 Å². The Hall–Kier alpha value is -2.01. The summed E-state index contributed by atoms with van der Waals surface area (Å²) in [6.07, 6.45) is 3.58. The van der Waals surface area contributed by atoms with Crippen LogP contribution in [0.4, 0.5) is 0 Å². The third-order valence-electron chi connectivity index (χ3n) is 3.49. The summed E-state index contributed by atoms with van der Waals surface area (Å²) in [6, 6.07) is 6.16. The standard InChI is InChI=1S/C16H23N3O2/c1-5-18-12(2)15-7-6-14(20-4)8-16(15)21-10-13-9-17-11-19(13)3/h6-9,11-12,18H,5,10H2,1-4H3. The van der Waals surface area contributed by atoms with Crippen molar-refractivity contribution in [2.75, 3.05) is 13.7 Å². The summed E-state index contributed by atoms with van der Waals surface area (Å²) in [5.74, 6) is 1.63. The van der Waals surface area contributed by atoms with E-state index in [1.165, 1.54) is 0 Å². The van der Waals surface area contributed by atoms with Crippen molar-refractivity contribution in [2.45, 2.75) is 26.5 Å². The van der Waals surface area contributed by atoms with Crippen molar-refractivity contribution in [3.63, 3.8) is 0 Å². The highest BCUT2D eigenvalue weighted by atomic mass is 16.5. The van der Waals surface area contributed by atoms with Crippen LogP contribution in [0.15, 0.2) is 30.7 Å². The van der Waals surface area contributed by atoms with Crippen molar-refractivity contribution in [3.05, 3.63) is 42.0 Å². The smallest absolute Gasteiger partial charge is 0.130 e. The maximum Gasteiger partial charge on any atom is 0.130 e. The first-order valence-corrected chi connectivity index (χ1v) is 7.15. The Bertz CT molecular complexity index is 581. The molecule has 1 heterocycles. The van der Waals surface area contributed by atoms with Crippen LogP contribution in [-0.4, -0.2) is 23.2 Å². The predicted octanol–water partition coefficient (Wildman–Crippen LogP) is 2.68. The molecule has 0 fully saturated rings. The van der Waals surface area contributed by atoms with Crippen molar-refractivity contribution in [3.8, 4) is 11.5 Å². The zero-order valence-corrected chi connectivity index (χ0v) is 13.1. The molecule has 1 N–H and O–H groups in total. The van der Waals surface area contributed by atoms with Gasteiger partial charge in [0.15, 0.2) is 0 Å². The molecule has 2 rings (SSSR count). The number of rotatable bonds is 7. The Balaban J connectivity index is 2.20. The summed E-state index contributed by atoms with van der Waals surface area (Å²) in [6.45, 7) is 5.61. The van der Waals surface area contributed by atoms with Gasteiger partial charge in [-0.25, -0.2) is 4.98 Å². The van der Waals surface area contributed by atoms with Gasteiger partial charge in [-0.3, -0.25) is 0 Å². The minimum Gasteiger partial charge on any atom is -0.497 e. The van der Waals surface area contributed by atoms with Crippen LogP contribution >= 0.6 is 0 Å². The van der Waals surface area contributed by atoms with Crippen LogP contribution in [0.5, 0.6) is 11.5 Å². The molecule has 1 aromatic heterocycles. The van der Waals surface area contributed by atoms with E-state index in [-0.39, 0.29) is 6.04 Å². The largest absolute Gasteiger partial charge is 0.497 e. The Morgan fingerprint density at radius 3 is 2.81 bits per heavy atom. The van der Waals surface area contributed by atoms with Gasteiger partial charge in [0.25, 0.3) is 0 Å². The van der Waals surface area contributed by atoms with Gasteiger partial charge in [-0.05, 0) is 19.5 Å². The molecule has 0 bridgehead atoms. The Kier molecular flexibility index (Phi) is 5.22. The van der Waals surface area contributed by atoms with Gasteiger partial charge in [0.2, 0.25) is 0 Å². The highest BCUT2D eigenvalue weighted by Gasteiger charge is 2.13. The highest BCUT2D eigenvalue weighted by molar-refractivity contribution is 5.42. The van der Waals surface area contributed by atoms with E-state index in [2.05, 4.69) is 24.1 Å². The molecule has 0 amide bonds. The first-order chi connectivity index (χ1) is 10.2. The maximum atomic E-state index is 5.99. The number of nitrogens with one attached hydrogen (secondary N) is 1. The molecular formula is C16H23N3O2. The first-order valence-electron chi connectivity index (χ1n) is 7.15. The van der Waals surface area contributed by atoms with Gasteiger partial charge >= 0.3 is 0 Å². The summed E-state index contributed by atoms with van der Waals surface area (Å²) in [4.78, 5) is 4.10. The van der Waals surface area contributed by atoms with Crippen molar-refractivity contribution in [1.29, 1.82) is 0 Å². The Labute approximate surface area is 125 Å². The minimum absolute atomic E-state index is 0.224. The van der Waals surface area contributed by atoms with Gasteiger partial charge in [0, 0.05) is 24.7 Å². The van der Waals surface area contributed by atoms with Crippen LogP contribution in [0.1, 0.15) is 31.1 Å². The fraction of sp³-hybridized carbons (Fsp3) is 0.438. The Morgan fingerprint density at radius 2 is 2.19 bits per heavy atom. The van der Waals surface area contributed by atoms with Gasteiger partial charge in [0.05, 0.1) is 25.3 Å². The van der Waals surface area contributed by atoms with Crippen LogP contribution in [0.25, 0.3) is 0 Å². The van der Waals surface area contributed by atoms with Crippen LogP contribution < -0.4 is 14.8 Å². The lowest BCUT2D eigenvalue weighted by Gasteiger charge is -2.18. The number of aromatic nitrogens is 2. The number of aryl methyl sites for hydroxylation is 1. The molecular weight excluding hydrogens is 266 g/mol. The number of hydrogen-bond donors (Lipinski definition) is 1. The number of ether oxygens (including phenoxy) is 2. The van der Waals surface area contributed by atoms with E-state index in [9.17, 15) is 0 Å². The van der Waals surface area contributed by atoms with Gasteiger partial charge in [0.1, 0.15) is 18.1 Å². The zero-order chi connectivity index (χ0) is 15.2. The first kappa shape index (κ1) is 15.4. The van der Waals surface area contributed by atoms with Crippen molar-refractivity contribution >= 4 is 0 Å². The third kappa shape index (κ3) is 3.76. The summed E-state index contributed by atoms with van der Waals surface area (Å²) in [7, 11) is 3.62. The van der Waals surface area contributed by atoms with Gasteiger partial charge in [-0.2, -0.15) is 0 Å². The van der Waals surface area contributed by atoms with Crippen molar-refractivity contribution < 1.29 is 9.47 Å². The van der Waals surface area contributed by atoms with E-state index in [4.69, 9.17) is 9.47 Å². The van der Waals surface area contributed by atoms with Crippen LogP contribution in [0.2, 0.25) is 0 Å². The van der Waals surface area contributed by atoms with Crippen molar-refractivity contribution in [2.24, 2.45) is 7.05 Å². The van der Waals surface area contributed by atoms with Gasteiger partial charge < -0.3 is 19.4 Å². The molecule has 0 aliphatic rings. The molecule has 1 atom stereocenters. The zero-order valence-electron chi connectivity index (χ0n) is 13.1. The SMILES string of the molecule is CCNC(C)c1ccc(OC)cc1OCc1cncn1C. The topological polar surface area (TPSA) is 48.3 Å². The second-order valence-corrected chi connectivity index (χ2v) is 4.97. The lowest BCUT2D eigenvalue weighted by Crippen LogP contribution is -2.18. The lowest BCUT2D eigenvalue weighted by atomic mass is 10.1. The van der Waals surface area contributed by atoms with Crippen molar-refractivity contribution in [1.82, 2.24) is 14.9 Å². The number of nitrogens with zero attached hydrogens (tertiary/aromatic N) is 2. The monoisotopic (exact) mass is 289 g/mol. The number of hydrogen-bond acceptors (Lipinski definition) is 4. The molecule has 0 aliphatic carbocycles. The van der Waals surface area contributed by atoms with E-state index >= 15 is 0 Å². The molecule has 2 aromatic rings. The third-order valence-corrected chi connectivity index (χ3v) is 3.49. The fourth-order valence-electron chi connectivity index (χ4n) is 2.22. The molecule has 0 saturated heterocycles. The van der Waals surface area contributed by atoms with Gasteiger partial charge in [-0.1, -0.05) is 13.0 Å². The normalized spacial score (nSPS) is 12.2. The highest BCUT2D eigenvalue weighted by Crippen LogP contribution is 2.30. The number of methoxy groups -OCH3 is 1. The van der Waals surface area contributed by atoms with E-state index in [0.29, 0.717) is 6.61 Å². The summed E-state index contributed by atoms with van der Waals surface area (Å²) in [5, 5.41) is 3.41. The quantitative estimate of drug-likeness (QED) is 0.851. The average molecular weight is 289 g/mol. The summed E-state index contributed by atoms with van der Waals surface area (Å²) < 4.78 is 13.2. The van der Waals surface area contributed by atoms with E-state index in [1.807, 2.05) is 36.0 Å². The van der Waals surface area contributed by atoms with E-state index < -0.39 is 0 Å². The average Bonchev–Trinajstić information content (AvgIpc) is 2.90. The number of benzene rings is 1. The molecule has 0 spiro atoms. The molecule has 5 nitrogen and oxygen atoms in total. The number of imidazole rings is 1. The molecule has 1 unspecified atom stereocenters. The van der Waals surface area contributed by atoms with Crippen LogP contribution in [-0.2, 0) is 13.7 Å². The van der Waals surface area contributed by atoms with Crippen LogP contribution in [0, 0.1) is 0 Å². The predicted molar refractivity (Wildman–Crippen MR) is 82.6 cm³/mol. The molecule has 0 aliphatic heterocycles. The molecule has 5 heteroatoms.